The highest BCUT2D eigenvalue weighted by atomic mass is 16.1. The Morgan fingerprint density at radius 3 is 2.21 bits per heavy atom. The average molecular weight is 200 g/mol. The molecule has 0 bridgehead atoms. The summed E-state index contributed by atoms with van der Waals surface area (Å²) in [6.07, 6.45) is 0. The molecule has 84 valence electrons. The molecule has 0 atom stereocenters. The first kappa shape index (κ1) is 13.6. The third kappa shape index (κ3) is 5.35. The Morgan fingerprint density at radius 2 is 1.79 bits per heavy atom. The van der Waals surface area contributed by atoms with Gasteiger partial charge in [0.1, 0.15) is 5.78 Å². The minimum absolute atomic E-state index is 0.180. The Balaban J connectivity index is 0.000000791. The van der Waals surface area contributed by atoms with Crippen molar-refractivity contribution in [1.82, 2.24) is 10.2 Å². The first-order chi connectivity index (χ1) is 6.70. The van der Waals surface area contributed by atoms with Gasteiger partial charge in [0.05, 0.1) is 6.54 Å². The summed E-state index contributed by atoms with van der Waals surface area (Å²) in [6, 6.07) is 0. The fourth-order valence-corrected chi connectivity index (χ4v) is 1.27. The number of Topliss-reactive ketones (excluding diaryl/α,β-unsaturated/α-hetero) is 1. The predicted octanol–water partition coefficient (Wildman–Crippen LogP) is 1.14. The molecule has 1 aliphatic heterocycles. The standard InChI is InChI=1S/C9H18N2O.C2H6/c1-8(2)9(12)7-11-5-3-10-4-6-11;1-2/h8,10H,3-7H2,1-2H3;1-2H3. The van der Waals surface area contributed by atoms with Crippen LogP contribution in [0.1, 0.15) is 27.7 Å². The van der Waals surface area contributed by atoms with E-state index in [1.807, 2.05) is 27.7 Å². The van der Waals surface area contributed by atoms with Crippen molar-refractivity contribution >= 4 is 5.78 Å². The second-order valence-electron chi connectivity index (χ2n) is 3.65. The first-order valence-electron chi connectivity index (χ1n) is 5.66. The number of carbonyl (C=O) groups is 1. The monoisotopic (exact) mass is 200 g/mol. The van der Waals surface area contributed by atoms with Gasteiger partial charge in [0, 0.05) is 32.1 Å². The van der Waals surface area contributed by atoms with Crippen LogP contribution >= 0.6 is 0 Å². The van der Waals surface area contributed by atoms with Gasteiger partial charge < -0.3 is 5.32 Å². The zero-order valence-electron chi connectivity index (χ0n) is 9.97. The Labute approximate surface area is 87.9 Å². The average Bonchev–Trinajstić information content (AvgIpc) is 2.22. The highest BCUT2D eigenvalue weighted by Gasteiger charge is 2.14. The van der Waals surface area contributed by atoms with E-state index >= 15 is 0 Å². The van der Waals surface area contributed by atoms with Gasteiger partial charge in [-0.3, -0.25) is 9.69 Å². The van der Waals surface area contributed by atoms with Crippen molar-refractivity contribution in [1.29, 1.82) is 0 Å². The van der Waals surface area contributed by atoms with Gasteiger partial charge in [0.25, 0.3) is 0 Å². The molecule has 0 amide bonds. The minimum atomic E-state index is 0.180. The number of hydrogen-bond acceptors (Lipinski definition) is 3. The minimum Gasteiger partial charge on any atom is -0.314 e. The number of ketones is 1. The predicted molar refractivity (Wildman–Crippen MR) is 60.5 cm³/mol. The van der Waals surface area contributed by atoms with E-state index < -0.39 is 0 Å². The van der Waals surface area contributed by atoms with Crippen LogP contribution in [0.3, 0.4) is 0 Å². The normalized spacial score (nSPS) is 17.5. The van der Waals surface area contributed by atoms with E-state index in [0.717, 1.165) is 26.2 Å². The topological polar surface area (TPSA) is 32.3 Å². The Kier molecular flexibility index (Phi) is 7.71. The molecule has 0 aliphatic carbocycles. The number of nitrogens with one attached hydrogen (secondary N) is 1. The zero-order chi connectivity index (χ0) is 11.0. The Morgan fingerprint density at radius 1 is 1.29 bits per heavy atom. The molecule has 3 nitrogen and oxygen atoms in total. The molecular formula is C11H24N2O. The lowest BCUT2D eigenvalue weighted by Crippen LogP contribution is -2.46. The van der Waals surface area contributed by atoms with Crippen LogP contribution < -0.4 is 5.32 Å². The molecule has 0 radical (unpaired) electrons. The third-order valence-electron chi connectivity index (χ3n) is 2.23. The molecule has 1 fully saturated rings. The van der Waals surface area contributed by atoms with Crippen molar-refractivity contribution in [3.63, 3.8) is 0 Å². The Bertz CT molecular complexity index is 151. The van der Waals surface area contributed by atoms with E-state index in [9.17, 15) is 4.79 Å². The van der Waals surface area contributed by atoms with E-state index in [4.69, 9.17) is 0 Å². The summed E-state index contributed by atoms with van der Waals surface area (Å²) in [5.41, 5.74) is 0. The van der Waals surface area contributed by atoms with Crippen molar-refractivity contribution in [3.05, 3.63) is 0 Å². The zero-order valence-corrected chi connectivity index (χ0v) is 9.97. The quantitative estimate of drug-likeness (QED) is 0.741. The summed E-state index contributed by atoms with van der Waals surface area (Å²) in [5, 5.41) is 3.26. The number of hydrogen-bond donors (Lipinski definition) is 1. The maximum atomic E-state index is 11.3. The van der Waals surface area contributed by atoms with Crippen LogP contribution in [0, 0.1) is 5.92 Å². The van der Waals surface area contributed by atoms with Gasteiger partial charge in [0.2, 0.25) is 0 Å². The van der Waals surface area contributed by atoms with Crippen LogP contribution in [0.15, 0.2) is 0 Å². The van der Waals surface area contributed by atoms with Crippen molar-refractivity contribution in [3.8, 4) is 0 Å². The van der Waals surface area contributed by atoms with Crippen LogP contribution in [0.4, 0.5) is 0 Å². The third-order valence-corrected chi connectivity index (χ3v) is 2.23. The maximum absolute atomic E-state index is 11.3. The van der Waals surface area contributed by atoms with Crippen molar-refractivity contribution < 1.29 is 4.79 Å². The van der Waals surface area contributed by atoms with Crippen LogP contribution in [-0.2, 0) is 4.79 Å². The van der Waals surface area contributed by atoms with E-state index in [0.29, 0.717) is 12.3 Å². The lowest BCUT2D eigenvalue weighted by atomic mass is 10.1. The smallest absolute Gasteiger partial charge is 0.149 e. The van der Waals surface area contributed by atoms with Crippen molar-refractivity contribution in [2.24, 2.45) is 5.92 Å². The largest absolute Gasteiger partial charge is 0.314 e. The summed E-state index contributed by atoms with van der Waals surface area (Å²) in [6.45, 7) is 12.6. The van der Waals surface area contributed by atoms with Gasteiger partial charge in [-0.25, -0.2) is 0 Å². The van der Waals surface area contributed by atoms with Crippen molar-refractivity contribution in [2.45, 2.75) is 27.7 Å². The number of carbonyl (C=O) groups excluding carboxylic acids is 1. The molecule has 0 unspecified atom stereocenters. The van der Waals surface area contributed by atoms with Gasteiger partial charge in [-0.15, -0.1) is 0 Å². The summed E-state index contributed by atoms with van der Waals surface area (Å²) in [4.78, 5) is 13.6. The van der Waals surface area contributed by atoms with Crippen LogP contribution in [0.25, 0.3) is 0 Å². The second kappa shape index (κ2) is 7.94. The highest BCUT2D eigenvalue weighted by molar-refractivity contribution is 5.82. The number of rotatable bonds is 3. The lowest BCUT2D eigenvalue weighted by Gasteiger charge is -2.26. The molecular weight excluding hydrogens is 176 g/mol. The fourth-order valence-electron chi connectivity index (χ4n) is 1.27. The van der Waals surface area contributed by atoms with Gasteiger partial charge in [-0.05, 0) is 0 Å². The molecule has 0 aromatic rings. The van der Waals surface area contributed by atoms with E-state index in [1.165, 1.54) is 0 Å². The van der Waals surface area contributed by atoms with E-state index in [1.54, 1.807) is 0 Å². The van der Waals surface area contributed by atoms with Gasteiger partial charge in [-0.1, -0.05) is 27.7 Å². The van der Waals surface area contributed by atoms with Crippen molar-refractivity contribution in [2.75, 3.05) is 32.7 Å². The molecule has 1 heterocycles. The van der Waals surface area contributed by atoms with Gasteiger partial charge in [-0.2, -0.15) is 0 Å². The molecule has 1 aliphatic rings. The lowest BCUT2D eigenvalue weighted by molar-refractivity contribution is -0.123. The van der Waals surface area contributed by atoms with Gasteiger partial charge in [0.15, 0.2) is 0 Å². The molecule has 3 heteroatoms. The SMILES string of the molecule is CC.CC(C)C(=O)CN1CCNCC1. The fraction of sp³-hybridized carbons (Fsp3) is 0.909. The molecule has 1 rings (SSSR count). The summed E-state index contributed by atoms with van der Waals surface area (Å²) >= 11 is 0. The summed E-state index contributed by atoms with van der Waals surface area (Å²) < 4.78 is 0. The van der Waals surface area contributed by atoms with Gasteiger partial charge >= 0.3 is 0 Å². The van der Waals surface area contributed by atoms with E-state index in [2.05, 4.69) is 10.2 Å². The number of piperazine rings is 1. The van der Waals surface area contributed by atoms with Crippen LogP contribution in [0.2, 0.25) is 0 Å². The Hall–Kier alpha value is -0.410. The molecule has 0 saturated carbocycles. The summed E-state index contributed by atoms with van der Waals surface area (Å²) in [7, 11) is 0. The highest BCUT2D eigenvalue weighted by Crippen LogP contribution is 1.98. The van der Waals surface area contributed by atoms with Crippen LogP contribution in [-0.4, -0.2) is 43.4 Å². The van der Waals surface area contributed by atoms with Crippen LogP contribution in [0.5, 0.6) is 0 Å². The molecule has 0 aromatic heterocycles. The molecule has 14 heavy (non-hydrogen) atoms. The summed E-state index contributed by atoms with van der Waals surface area (Å²) in [5.74, 6) is 0.539. The molecule has 0 spiro atoms. The maximum Gasteiger partial charge on any atom is 0.149 e. The molecule has 1 N–H and O–H groups in total. The number of nitrogens with zero attached hydrogens (tertiary/aromatic N) is 1. The first-order valence-corrected chi connectivity index (χ1v) is 5.66. The molecule has 0 aromatic carbocycles. The second-order valence-corrected chi connectivity index (χ2v) is 3.65. The molecule has 1 saturated heterocycles. The van der Waals surface area contributed by atoms with E-state index in [-0.39, 0.29) is 5.92 Å².